The summed E-state index contributed by atoms with van der Waals surface area (Å²) >= 11 is 0. The normalized spacial score (nSPS) is 19.9. The summed E-state index contributed by atoms with van der Waals surface area (Å²) in [5, 5.41) is 9.15. The zero-order valence-electron chi connectivity index (χ0n) is 10.5. The minimum atomic E-state index is -0.248. The highest BCUT2D eigenvalue weighted by Gasteiger charge is 2.25. The van der Waals surface area contributed by atoms with E-state index >= 15 is 0 Å². The number of rotatable bonds is 2. The van der Waals surface area contributed by atoms with E-state index in [4.69, 9.17) is 5.11 Å². The van der Waals surface area contributed by atoms with Gasteiger partial charge in [-0.15, -0.1) is 0 Å². The Morgan fingerprint density at radius 2 is 2.39 bits per heavy atom. The van der Waals surface area contributed by atoms with Crippen LogP contribution in [0, 0.1) is 12.8 Å². The van der Waals surface area contributed by atoms with Gasteiger partial charge in [-0.1, -0.05) is 0 Å². The number of amides is 1. The van der Waals surface area contributed by atoms with E-state index in [2.05, 4.69) is 4.98 Å². The van der Waals surface area contributed by atoms with Gasteiger partial charge in [0.15, 0.2) is 5.43 Å². The molecule has 1 atom stereocenters. The molecule has 1 unspecified atom stereocenters. The van der Waals surface area contributed by atoms with Crippen LogP contribution in [0.15, 0.2) is 17.1 Å². The molecule has 5 nitrogen and oxygen atoms in total. The largest absolute Gasteiger partial charge is 0.396 e. The number of carbonyl (C=O) groups excluding carboxylic acids is 1. The zero-order valence-corrected chi connectivity index (χ0v) is 10.5. The molecule has 0 aromatic carbocycles. The fourth-order valence-corrected chi connectivity index (χ4v) is 2.31. The standard InChI is InChI=1S/C13H18N2O3/c1-9-5-12(17)11(6-14-9)13(18)15-4-2-3-10(7-15)8-16/h5-6,10,16H,2-4,7-8H2,1H3,(H,14,17). The molecule has 98 valence electrons. The number of pyridine rings is 1. The summed E-state index contributed by atoms with van der Waals surface area (Å²) in [7, 11) is 0. The number of hydrogen-bond acceptors (Lipinski definition) is 3. The third-order valence-electron chi connectivity index (χ3n) is 3.35. The highest BCUT2D eigenvalue weighted by Crippen LogP contribution is 2.17. The summed E-state index contributed by atoms with van der Waals surface area (Å²) < 4.78 is 0. The quantitative estimate of drug-likeness (QED) is 0.804. The van der Waals surface area contributed by atoms with E-state index in [1.54, 1.807) is 11.8 Å². The first kappa shape index (κ1) is 12.8. The average molecular weight is 250 g/mol. The number of H-pyrrole nitrogens is 1. The lowest BCUT2D eigenvalue weighted by atomic mass is 9.98. The summed E-state index contributed by atoms with van der Waals surface area (Å²) in [6.45, 7) is 3.05. The van der Waals surface area contributed by atoms with Crippen molar-refractivity contribution in [1.82, 2.24) is 9.88 Å². The lowest BCUT2D eigenvalue weighted by Gasteiger charge is -2.31. The second kappa shape index (κ2) is 5.35. The Labute approximate surface area is 105 Å². The molecule has 0 radical (unpaired) electrons. The van der Waals surface area contributed by atoms with Gasteiger partial charge in [-0.2, -0.15) is 0 Å². The van der Waals surface area contributed by atoms with Crippen LogP contribution in [0.5, 0.6) is 0 Å². The Morgan fingerprint density at radius 1 is 1.61 bits per heavy atom. The van der Waals surface area contributed by atoms with E-state index in [1.165, 1.54) is 12.3 Å². The maximum absolute atomic E-state index is 12.2. The number of aryl methyl sites for hydroxylation is 1. The predicted molar refractivity (Wildman–Crippen MR) is 67.5 cm³/mol. The molecule has 2 N–H and O–H groups in total. The van der Waals surface area contributed by atoms with E-state index in [1.807, 2.05) is 0 Å². The molecule has 1 amide bonds. The van der Waals surface area contributed by atoms with Crippen molar-refractivity contribution >= 4 is 5.91 Å². The summed E-state index contributed by atoms with van der Waals surface area (Å²) in [6, 6.07) is 1.43. The van der Waals surface area contributed by atoms with Crippen molar-refractivity contribution in [3.05, 3.63) is 33.7 Å². The number of aromatic amines is 1. The Hall–Kier alpha value is -1.62. The zero-order chi connectivity index (χ0) is 13.1. The third-order valence-corrected chi connectivity index (χ3v) is 3.35. The SMILES string of the molecule is Cc1cc(=O)c(C(=O)N2CCCC(CO)C2)c[nH]1. The van der Waals surface area contributed by atoms with Crippen LogP contribution in [0.25, 0.3) is 0 Å². The molecule has 1 aromatic heterocycles. The van der Waals surface area contributed by atoms with Gasteiger partial charge in [-0.3, -0.25) is 9.59 Å². The number of nitrogens with one attached hydrogen (secondary N) is 1. The number of aliphatic hydroxyl groups is 1. The lowest BCUT2D eigenvalue weighted by Crippen LogP contribution is -2.42. The smallest absolute Gasteiger partial charge is 0.259 e. The molecule has 1 aliphatic rings. The van der Waals surface area contributed by atoms with Crippen molar-refractivity contribution in [3.8, 4) is 0 Å². The predicted octanol–water partition coefficient (Wildman–Crippen LogP) is 0.528. The maximum atomic E-state index is 12.2. The molecule has 0 spiro atoms. The molecular weight excluding hydrogens is 232 g/mol. The van der Waals surface area contributed by atoms with Gasteiger partial charge < -0.3 is 15.0 Å². The van der Waals surface area contributed by atoms with Crippen LogP contribution in [0.3, 0.4) is 0 Å². The molecule has 1 saturated heterocycles. The van der Waals surface area contributed by atoms with Gasteiger partial charge in [0.1, 0.15) is 5.56 Å². The first-order chi connectivity index (χ1) is 8.61. The van der Waals surface area contributed by atoms with Gasteiger partial charge in [-0.25, -0.2) is 0 Å². The number of likely N-dealkylation sites (tertiary alicyclic amines) is 1. The van der Waals surface area contributed by atoms with Crippen LogP contribution < -0.4 is 5.43 Å². The Morgan fingerprint density at radius 3 is 3.06 bits per heavy atom. The molecule has 18 heavy (non-hydrogen) atoms. The van der Waals surface area contributed by atoms with Gasteiger partial charge in [-0.05, 0) is 25.7 Å². The van der Waals surface area contributed by atoms with Crippen LogP contribution in [0.4, 0.5) is 0 Å². The fourth-order valence-electron chi connectivity index (χ4n) is 2.31. The Bertz CT molecular complexity index is 495. The maximum Gasteiger partial charge on any atom is 0.259 e. The number of carbonyl (C=O) groups is 1. The van der Waals surface area contributed by atoms with Crippen LogP contribution in [-0.2, 0) is 0 Å². The molecule has 2 heterocycles. The first-order valence-electron chi connectivity index (χ1n) is 6.21. The summed E-state index contributed by atoms with van der Waals surface area (Å²) in [6.07, 6.45) is 3.29. The Kier molecular flexibility index (Phi) is 3.81. The van der Waals surface area contributed by atoms with Gasteiger partial charge >= 0.3 is 0 Å². The number of hydrogen-bond donors (Lipinski definition) is 2. The second-order valence-electron chi connectivity index (χ2n) is 4.84. The Balaban J connectivity index is 2.18. The van der Waals surface area contributed by atoms with E-state index in [0.29, 0.717) is 13.1 Å². The monoisotopic (exact) mass is 250 g/mol. The van der Waals surface area contributed by atoms with Crippen molar-refractivity contribution in [3.63, 3.8) is 0 Å². The van der Waals surface area contributed by atoms with Gasteiger partial charge in [0.2, 0.25) is 0 Å². The first-order valence-corrected chi connectivity index (χ1v) is 6.21. The van der Waals surface area contributed by atoms with Crippen LogP contribution in [-0.4, -0.2) is 40.6 Å². The van der Waals surface area contributed by atoms with Crippen molar-refractivity contribution < 1.29 is 9.90 Å². The highest BCUT2D eigenvalue weighted by molar-refractivity contribution is 5.93. The topological polar surface area (TPSA) is 73.4 Å². The molecule has 5 heteroatoms. The second-order valence-corrected chi connectivity index (χ2v) is 4.84. The highest BCUT2D eigenvalue weighted by atomic mass is 16.3. The van der Waals surface area contributed by atoms with Crippen molar-refractivity contribution in [2.45, 2.75) is 19.8 Å². The fraction of sp³-hybridized carbons (Fsp3) is 0.538. The molecule has 0 saturated carbocycles. The van der Waals surface area contributed by atoms with Crippen LogP contribution in [0.2, 0.25) is 0 Å². The van der Waals surface area contributed by atoms with E-state index in [9.17, 15) is 9.59 Å². The molecule has 1 aromatic rings. The summed E-state index contributed by atoms with van der Waals surface area (Å²) in [5.41, 5.74) is 0.671. The van der Waals surface area contributed by atoms with Crippen molar-refractivity contribution in [1.29, 1.82) is 0 Å². The summed E-state index contributed by atoms with van der Waals surface area (Å²) in [5.74, 6) is -0.110. The van der Waals surface area contributed by atoms with E-state index in [0.717, 1.165) is 18.5 Å². The minimum absolute atomic E-state index is 0.0913. The van der Waals surface area contributed by atoms with Gasteiger partial charge in [0.25, 0.3) is 5.91 Å². The molecular formula is C13H18N2O3. The number of aromatic nitrogens is 1. The van der Waals surface area contributed by atoms with Gasteiger partial charge in [0, 0.05) is 37.7 Å². The molecule has 2 rings (SSSR count). The minimum Gasteiger partial charge on any atom is -0.396 e. The van der Waals surface area contributed by atoms with Crippen molar-refractivity contribution in [2.24, 2.45) is 5.92 Å². The molecule has 1 fully saturated rings. The number of aliphatic hydroxyl groups excluding tert-OH is 1. The molecule has 0 bridgehead atoms. The molecule has 0 aliphatic carbocycles. The van der Waals surface area contributed by atoms with Crippen LogP contribution in [0.1, 0.15) is 28.9 Å². The van der Waals surface area contributed by atoms with Crippen molar-refractivity contribution in [2.75, 3.05) is 19.7 Å². The number of nitrogens with zero attached hydrogens (tertiary/aromatic N) is 1. The lowest BCUT2D eigenvalue weighted by molar-refractivity contribution is 0.0619. The summed E-state index contributed by atoms with van der Waals surface area (Å²) in [4.78, 5) is 28.5. The van der Waals surface area contributed by atoms with Gasteiger partial charge in [0.05, 0.1) is 0 Å². The van der Waals surface area contributed by atoms with Crippen LogP contribution >= 0.6 is 0 Å². The van der Waals surface area contributed by atoms with E-state index < -0.39 is 0 Å². The third kappa shape index (κ3) is 2.61. The van der Waals surface area contributed by atoms with E-state index in [-0.39, 0.29) is 29.4 Å². The number of piperidine rings is 1. The molecule has 1 aliphatic heterocycles. The average Bonchev–Trinajstić information content (AvgIpc) is 2.38.